The van der Waals surface area contributed by atoms with Gasteiger partial charge in [-0.25, -0.2) is 8.42 Å². The molecule has 0 radical (unpaired) electrons. The van der Waals surface area contributed by atoms with Gasteiger partial charge in [-0.2, -0.15) is 0 Å². The van der Waals surface area contributed by atoms with Crippen LogP contribution >= 0.6 is 11.6 Å². The molecule has 4 nitrogen and oxygen atoms in total. The van der Waals surface area contributed by atoms with Crippen LogP contribution in [0.3, 0.4) is 0 Å². The van der Waals surface area contributed by atoms with Crippen molar-refractivity contribution in [2.24, 2.45) is 0 Å². The summed E-state index contributed by atoms with van der Waals surface area (Å²) in [6.45, 7) is 1.59. The van der Waals surface area contributed by atoms with Crippen LogP contribution in [0.25, 0.3) is 0 Å². The highest BCUT2D eigenvalue weighted by atomic mass is 35.5. The third-order valence-electron chi connectivity index (χ3n) is 3.16. The zero-order chi connectivity index (χ0) is 16.2. The van der Waals surface area contributed by atoms with Gasteiger partial charge >= 0.3 is 0 Å². The summed E-state index contributed by atoms with van der Waals surface area (Å²) < 4.78 is 23.4. The number of sulfone groups is 1. The molecule has 0 aliphatic carbocycles. The quantitative estimate of drug-likeness (QED) is 0.910. The van der Waals surface area contributed by atoms with Crippen LogP contribution < -0.4 is 5.32 Å². The van der Waals surface area contributed by atoms with Crippen molar-refractivity contribution >= 4 is 33.0 Å². The van der Waals surface area contributed by atoms with Crippen LogP contribution in [0.2, 0.25) is 5.02 Å². The lowest BCUT2D eigenvalue weighted by Crippen LogP contribution is -2.14. The SMILES string of the molecule is CCS(=O)(=O)c1ccc(NC(=O)Cc2ccc(Cl)cc2)cc1. The minimum absolute atomic E-state index is 0.0509. The third kappa shape index (κ3) is 4.32. The molecule has 0 saturated heterocycles. The Morgan fingerprint density at radius 1 is 1.05 bits per heavy atom. The maximum Gasteiger partial charge on any atom is 0.228 e. The summed E-state index contributed by atoms with van der Waals surface area (Å²) in [5, 5.41) is 3.36. The highest BCUT2D eigenvalue weighted by Gasteiger charge is 2.11. The second-order valence-corrected chi connectivity index (χ2v) is 7.49. The molecule has 0 spiro atoms. The zero-order valence-electron chi connectivity index (χ0n) is 12.0. The van der Waals surface area contributed by atoms with Crippen molar-refractivity contribution in [3.63, 3.8) is 0 Å². The van der Waals surface area contributed by atoms with Gasteiger partial charge in [0.25, 0.3) is 0 Å². The van der Waals surface area contributed by atoms with E-state index in [0.717, 1.165) is 5.56 Å². The number of halogens is 1. The van der Waals surface area contributed by atoms with Gasteiger partial charge in [-0.3, -0.25) is 4.79 Å². The maximum atomic E-state index is 11.9. The number of hydrogen-bond donors (Lipinski definition) is 1. The second-order valence-electron chi connectivity index (χ2n) is 4.78. The Balaban J connectivity index is 2.01. The molecule has 1 amide bonds. The first-order chi connectivity index (χ1) is 10.4. The molecule has 0 saturated carbocycles. The maximum absolute atomic E-state index is 11.9. The summed E-state index contributed by atoms with van der Waals surface area (Å²) in [5.41, 5.74) is 1.42. The number of benzene rings is 2. The van der Waals surface area contributed by atoms with E-state index in [4.69, 9.17) is 11.6 Å². The second kappa shape index (κ2) is 6.94. The minimum atomic E-state index is -3.22. The summed E-state index contributed by atoms with van der Waals surface area (Å²) in [6, 6.07) is 13.2. The van der Waals surface area contributed by atoms with Crippen molar-refractivity contribution in [3.05, 3.63) is 59.1 Å². The van der Waals surface area contributed by atoms with Crippen molar-refractivity contribution in [2.45, 2.75) is 18.2 Å². The Morgan fingerprint density at radius 3 is 2.18 bits per heavy atom. The molecule has 0 unspecified atom stereocenters. The van der Waals surface area contributed by atoms with Crippen LogP contribution in [0.1, 0.15) is 12.5 Å². The fourth-order valence-corrected chi connectivity index (χ4v) is 2.92. The molecule has 2 aromatic rings. The van der Waals surface area contributed by atoms with Crippen molar-refractivity contribution in [1.82, 2.24) is 0 Å². The Morgan fingerprint density at radius 2 is 1.64 bits per heavy atom. The number of hydrogen-bond acceptors (Lipinski definition) is 3. The molecule has 22 heavy (non-hydrogen) atoms. The molecule has 116 valence electrons. The fourth-order valence-electron chi connectivity index (χ4n) is 1.91. The van der Waals surface area contributed by atoms with E-state index in [9.17, 15) is 13.2 Å². The number of amides is 1. The average Bonchev–Trinajstić information content (AvgIpc) is 2.50. The van der Waals surface area contributed by atoms with Crippen LogP contribution in [0.5, 0.6) is 0 Å². The van der Waals surface area contributed by atoms with Gasteiger partial charge in [0.15, 0.2) is 9.84 Å². The van der Waals surface area contributed by atoms with Gasteiger partial charge in [0.2, 0.25) is 5.91 Å². The van der Waals surface area contributed by atoms with Gasteiger partial charge in [-0.15, -0.1) is 0 Å². The van der Waals surface area contributed by atoms with Crippen LogP contribution in [0.15, 0.2) is 53.4 Å². The van der Waals surface area contributed by atoms with Crippen LogP contribution in [0.4, 0.5) is 5.69 Å². The lowest BCUT2D eigenvalue weighted by atomic mass is 10.1. The number of anilines is 1. The molecule has 6 heteroatoms. The van der Waals surface area contributed by atoms with E-state index in [1.165, 1.54) is 12.1 Å². The predicted octanol–water partition coefficient (Wildman–Crippen LogP) is 3.31. The number of carbonyl (C=O) groups excluding carboxylic acids is 1. The van der Waals surface area contributed by atoms with Crippen LogP contribution in [-0.4, -0.2) is 20.1 Å². The van der Waals surface area contributed by atoms with E-state index in [1.807, 2.05) is 0 Å². The fraction of sp³-hybridized carbons (Fsp3) is 0.188. The molecule has 1 N–H and O–H groups in total. The average molecular weight is 338 g/mol. The van der Waals surface area contributed by atoms with Gasteiger partial charge in [0, 0.05) is 10.7 Å². The molecule has 0 heterocycles. The molecule has 0 fully saturated rings. The van der Waals surface area contributed by atoms with Crippen LogP contribution in [0, 0.1) is 0 Å². The Hall–Kier alpha value is -1.85. The van der Waals surface area contributed by atoms with E-state index >= 15 is 0 Å². The first kappa shape index (κ1) is 16.5. The summed E-state index contributed by atoms with van der Waals surface area (Å²) in [7, 11) is -3.22. The lowest BCUT2D eigenvalue weighted by molar-refractivity contribution is -0.115. The molecule has 0 aliphatic heterocycles. The highest BCUT2D eigenvalue weighted by molar-refractivity contribution is 7.91. The van der Waals surface area contributed by atoms with Crippen molar-refractivity contribution in [2.75, 3.05) is 11.1 Å². The highest BCUT2D eigenvalue weighted by Crippen LogP contribution is 2.16. The molecule has 2 aromatic carbocycles. The smallest absolute Gasteiger partial charge is 0.228 e. The standard InChI is InChI=1S/C16H16ClNO3S/c1-2-22(20,21)15-9-7-14(8-10-15)18-16(19)11-12-3-5-13(17)6-4-12/h3-10H,2,11H2,1H3,(H,18,19). The zero-order valence-corrected chi connectivity index (χ0v) is 13.6. The first-order valence-corrected chi connectivity index (χ1v) is 8.81. The summed E-state index contributed by atoms with van der Waals surface area (Å²) >= 11 is 5.79. The first-order valence-electron chi connectivity index (χ1n) is 6.78. The minimum Gasteiger partial charge on any atom is -0.326 e. The van der Waals surface area contributed by atoms with Crippen molar-refractivity contribution in [1.29, 1.82) is 0 Å². The van der Waals surface area contributed by atoms with Gasteiger partial charge in [0.05, 0.1) is 17.1 Å². The van der Waals surface area contributed by atoms with Crippen molar-refractivity contribution in [3.8, 4) is 0 Å². The largest absolute Gasteiger partial charge is 0.326 e. The molecule has 0 aromatic heterocycles. The Kier molecular flexibility index (Phi) is 5.21. The topological polar surface area (TPSA) is 63.2 Å². The lowest BCUT2D eigenvalue weighted by Gasteiger charge is -2.07. The monoisotopic (exact) mass is 337 g/mol. The third-order valence-corrected chi connectivity index (χ3v) is 5.16. The number of carbonyl (C=O) groups is 1. The summed E-state index contributed by atoms with van der Waals surface area (Å²) in [5.74, 6) is -0.122. The number of rotatable bonds is 5. The molecule has 0 atom stereocenters. The molecular weight excluding hydrogens is 322 g/mol. The van der Waals surface area contributed by atoms with Crippen LogP contribution in [-0.2, 0) is 21.1 Å². The van der Waals surface area contributed by atoms with E-state index < -0.39 is 9.84 Å². The van der Waals surface area contributed by atoms with E-state index in [1.54, 1.807) is 43.3 Å². The Bertz CT molecular complexity index is 753. The summed E-state index contributed by atoms with van der Waals surface area (Å²) in [4.78, 5) is 12.2. The Labute approximate surface area is 135 Å². The van der Waals surface area contributed by atoms with E-state index in [0.29, 0.717) is 10.7 Å². The summed E-state index contributed by atoms with van der Waals surface area (Å²) in [6.07, 6.45) is 0.228. The predicted molar refractivity (Wildman–Crippen MR) is 88.0 cm³/mol. The van der Waals surface area contributed by atoms with Gasteiger partial charge in [-0.1, -0.05) is 30.7 Å². The number of nitrogens with one attached hydrogen (secondary N) is 1. The van der Waals surface area contributed by atoms with E-state index in [-0.39, 0.29) is 23.0 Å². The van der Waals surface area contributed by atoms with E-state index in [2.05, 4.69) is 5.32 Å². The normalized spacial score (nSPS) is 11.2. The molecule has 0 bridgehead atoms. The van der Waals surface area contributed by atoms with Gasteiger partial charge < -0.3 is 5.32 Å². The molecular formula is C16H16ClNO3S. The molecule has 2 rings (SSSR count). The van der Waals surface area contributed by atoms with Gasteiger partial charge in [0.1, 0.15) is 0 Å². The molecule has 0 aliphatic rings. The van der Waals surface area contributed by atoms with Gasteiger partial charge in [-0.05, 0) is 42.0 Å². The van der Waals surface area contributed by atoms with Crippen molar-refractivity contribution < 1.29 is 13.2 Å².